The van der Waals surface area contributed by atoms with Gasteiger partial charge in [0, 0.05) is 12.6 Å². The van der Waals surface area contributed by atoms with Crippen molar-refractivity contribution >= 4 is 5.97 Å². The molecule has 31 heavy (non-hydrogen) atoms. The maximum absolute atomic E-state index is 10.8. The smallest absolute Gasteiger partial charge is 0.330 e. The molecular formula is C21H41NO9. The van der Waals surface area contributed by atoms with Gasteiger partial charge in [0.05, 0.1) is 92.5 Å². The van der Waals surface area contributed by atoms with E-state index in [9.17, 15) is 4.79 Å². The van der Waals surface area contributed by atoms with E-state index in [1.807, 2.05) is 14.1 Å². The lowest BCUT2D eigenvalue weighted by atomic mass is 10.6. The van der Waals surface area contributed by atoms with Crippen LogP contribution in [0.15, 0.2) is 12.7 Å². The average Bonchev–Trinajstić information content (AvgIpc) is 2.76. The van der Waals surface area contributed by atoms with Crippen LogP contribution in [-0.2, 0) is 42.7 Å². The number of carbonyl (C=O) groups is 1. The Balaban J connectivity index is 3.03. The zero-order valence-corrected chi connectivity index (χ0v) is 19.2. The summed E-state index contributed by atoms with van der Waals surface area (Å²) in [5.74, 6) is -0.452. The molecule has 0 aliphatic heterocycles. The summed E-state index contributed by atoms with van der Waals surface area (Å²) < 4.78 is 42.4. The van der Waals surface area contributed by atoms with Crippen LogP contribution in [0.2, 0.25) is 0 Å². The third-order valence-corrected chi connectivity index (χ3v) is 3.55. The second-order valence-corrected chi connectivity index (χ2v) is 6.46. The number of carbonyl (C=O) groups excluding carboxylic acids is 1. The standard InChI is InChI=1S/C21H41NO9/c1-4-21(23)31-20-19-30-18-17-29-16-15-28-14-13-27-12-11-26-10-9-25-8-7-24-6-5-22(2)3/h4H,1,5-20H2,2-3H3. The molecule has 0 rings (SSSR count). The Kier molecular flexibility index (Phi) is 24.3. The van der Waals surface area contributed by atoms with E-state index in [0.717, 1.165) is 12.6 Å². The van der Waals surface area contributed by atoms with E-state index in [1.165, 1.54) is 0 Å². The number of esters is 1. The number of likely N-dealkylation sites (N-methyl/N-ethyl adjacent to an activating group) is 1. The van der Waals surface area contributed by atoms with Crippen LogP contribution in [0.4, 0.5) is 0 Å². The van der Waals surface area contributed by atoms with Gasteiger partial charge in [-0.3, -0.25) is 0 Å². The lowest BCUT2D eigenvalue weighted by Crippen LogP contribution is -2.19. The maximum Gasteiger partial charge on any atom is 0.330 e. The third-order valence-electron chi connectivity index (χ3n) is 3.55. The number of nitrogens with zero attached hydrogens (tertiary/aromatic N) is 1. The molecule has 0 aromatic rings. The third kappa shape index (κ3) is 26.9. The summed E-state index contributed by atoms with van der Waals surface area (Å²) in [7, 11) is 4.03. The van der Waals surface area contributed by atoms with E-state index in [2.05, 4.69) is 11.5 Å². The van der Waals surface area contributed by atoms with Gasteiger partial charge >= 0.3 is 5.97 Å². The fourth-order valence-electron chi connectivity index (χ4n) is 1.93. The first-order valence-electron chi connectivity index (χ1n) is 10.6. The van der Waals surface area contributed by atoms with Crippen LogP contribution in [-0.4, -0.2) is 131 Å². The molecule has 0 saturated carbocycles. The highest BCUT2D eigenvalue weighted by Gasteiger charge is 1.96. The minimum absolute atomic E-state index is 0.208. The van der Waals surface area contributed by atoms with Crippen LogP contribution in [0.3, 0.4) is 0 Å². The van der Waals surface area contributed by atoms with Crippen molar-refractivity contribution in [3.8, 4) is 0 Å². The molecule has 0 aliphatic carbocycles. The molecule has 10 heteroatoms. The first-order chi connectivity index (χ1) is 15.2. The van der Waals surface area contributed by atoms with Crippen LogP contribution in [0, 0.1) is 0 Å². The van der Waals surface area contributed by atoms with E-state index < -0.39 is 5.97 Å². The summed E-state index contributed by atoms with van der Waals surface area (Å²) in [5, 5.41) is 0. The number of rotatable bonds is 25. The van der Waals surface area contributed by atoms with Crippen molar-refractivity contribution in [2.45, 2.75) is 0 Å². The molecule has 0 aromatic carbocycles. The van der Waals surface area contributed by atoms with Gasteiger partial charge in [-0.2, -0.15) is 0 Å². The molecule has 10 nitrogen and oxygen atoms in total. The van der Waals surface area contributed by atoms with E-state index >= 15 is 0 Å². The summed E-state index contributed by atoms with van der Waals surface area (Å²) in [6.45, 7) is 11.7. The molecule has 0 fully saturated rings. The van der Waals surface area contributed by atoms with Crippen molar-refractivity contribution in [3.63, 3.8) is 0 Å². The fraction of sp³-hybridized carbons (Fsp3) is 0.857. The molecule has 0 heterocycles. The average molecular weight is 452 g/mol. The van der Waals surface area contributed by atoms with Gasteiger partial charge in [-0.1, -0.05) is 6.58 Å². The van der Waals surface area contributed by atoms with E-state index in [-0.39, 0.29) is 6.61 Å². The van der Waals surface area contributed by atoms with Gasteiger partial charge in [0.25, 0.3) is 0 Å². The van der Waals surface area contributed by atoms with Gasteiger partial charge in [-0.15, -0.1) is 0 Å². The highest BCUT2D eigenvalue weighted by atomic mass is 16.6. The molecule has 0 radical (unpaired) electrons. The molecule has 0 atom stereocenters. The second-order valence-electron chi connectivity index (χ2n) is 6.46. The van der Waals surface area contributed by atoms with Gasteiger partial charge in [0.15, 0.2) is 0 Å². The second kappa shape index (κ2) is 25.2. The topological polar surface area (TPSA) is 94.2 Å². The number of hydrogen-bond acceptors (Lipinski definition) is 10. The van der Waals surface area contributed by atoms with Crippen LogP contribution in [0.1, 0.15) is 0 Å². The molecule has 0 aromatic heterocycles. The van der Waals surface area contributed by atoms with Crippen molar-refractivity contribution < 1.29 is 42.7 Å². The molecule has 0 bridgehead atoms. The predicted molar refractivity (Wildman–Crippen MR) is 115 cm³/mol. The van der Waals surface area contributed by atoms with Crippen molar-refractivity contribution in [1.82, 2.24) is 4.90 Å². The van der Waals surface area contributed by atoms with Gasteiger partial charge in [-0.25, -0.2) is 4.79 Å². The zero-order valence-electron chi connectivity index (χ0n) is 19.2. The van der Waals surface area contributed by atoms with Crippen LogP contribution >= 0.6 is 0 Å². The highest BCUT2D eigenvalue weighted by molar-refractivity contribution is 5.81. The van der Waals surface area contributed by atoms with Crippen molar-refractivity contribution in [3.05, 3.63) is 12.7 Å². The molecule has 0 spiro atoms. The zero-order chi connectivity index (χ0) is 22.8. The van der Waals surface area contributed by atoms with Crippen LogP contribution < -0.4 is 0 Å². The lowest BCUT2D eigenvalue weighted by Gasteiger charge is -2.10. The van der Waals surface area contributed by atoms with E-state index in [0.29, 0.717) is 92.5 Å². The molecular weight excluding hydrogens is 410 g/mol. The minimum Gasteiger partial charge on any atom is -0.460 e. The molecule has 0 aliphatic rings. The Morgan fingerprint density at radius 3 is 1.16 bits per heavy atom. The minimum atomic E-state index is -0.452. The normalized spacial score (nSPS) is 11.2. The van der Waals surface area contributed by atoms with Gasteiger partial charge < -0.3 is 42.8 Å². The Morgan fingerprint density at radius 2 is 0.871 bits per heavy atom. The molecule has 0 unspecified atom stereocenters. The van der Waals surface area contributed by atoms with Crippen LogP contribution in [0.25, 0.3) is 0 Å². The predicted octanol–water partition coefficient (Wildman–Crippen LogP) is 0.393. The van der Waals surface area contributed by atoms with E-state index in [4.69, 9.17) is 37.9 Å². The monoisotopic (exact) mass is 451 g/mol. The fourth-order valence-corrected chi connectivity index (χ4v) is 1.93. The molecule has 0 saturated heterocycles. The lowest BCUT2D eigenvalue weighted by molar-refractivity contribution is -0.139. The quantitative estimate of drug-likeness (QED) is 0.110. The first kappa shape index (κ1) is 29.9. The maximum atomic E-state index is 10.8. The van der Waals surface area contributed by atoms with Gasteiger partial charge in [0.1, 0.15) is 6.61 Å². The van der Waals surface area contributed by atoms with Gasteiger partial charge in [0.2, 0.25) is 0 Å². The summed E-state index contributed by atoms with van der Waals surface area (Å²) in [6.07, 6.45) is 1.12. The summed E-state index contributed by atoms with van der Waals surface area (Å²) in [5.41, 5.74) is 0. The molecule has 184 valence electrons. The number of ether oxygens (including phenoxy) is 8. The largest absolute Gasteiger partial charge is 0.460 e. The van der Waals surface area contributed by atoms with Crippen molar-refractivity contribution in [1.29, 1.82) is 0 Å². The Labute approximate surface area is 186 Å². The van der Waals surface area contributed by atoms with E-state index in [1.54, 1.807) is 0 Å². The molecule has 0 N–H and O–H groups in total. The Morgan fingerprint density at radius 1 is 0.581 bits per heavy atom. The Hall–Kier alpha value is -1.11. The van der Waals surface area contributed by atoms with Crippen molar-refractivity contribution in [2.24, 2.45) is 0 Å². The first-order valence-corrected chi connectivity index (χ1v) is 10.6. The number of hydrogen-bond donors (Lipinski definition) is 0. The highest BCUT2D eigenvalue weighted by Crippen LogP contribution is 1.86. The van der Waals surface area contributed by atoms with Gasteiger partial charge in [-0.05, 0) is 14.1 Å². The van der Waals surface area contributed by atoms with Crippen molar-refractivity contribution in [2.75, 3.05) is 120 Å². The summed E-state index contributed by atoms with van der Waals surface area (Å²) >= 11 is 0. The summed E-state index contributed by atoms with van der Waals surface area (Å²) in [6, 6.07) is 0. The SMILES string of the molecule is C=CC(=O)OCCOCCOCCOCCOCCOCCOCCOCCN(C)C. The summed E-state index contributed by atoms with van der Waals surface area (Å²) in [4.78, 5) is 12.9. The Bertz CT molecular complexity index is 397. The van der Waals surface area contributed by atoms with Crippen LogP contribution in [0.5, 0.6) is 0 Å². The molecule has 0 amide bonds.